The van der Waals surface area contributed by atoms with Crippen molar-refractivity contribution in [2.24, 2.45) is 10.7 Å². The molecule has 5 nitrogen and oxygen atoms in total. The number of unbranched alkanes of at least 4 members (excludes halogenated alkanes) is 16. The maximum atomic E-state index is 11.2. The SMILES string of the molecule is CCCCCCCCCCCCCCCCCC/C=C/CC1=NC=C[N+]1(CCN)CC(=O)[O-]. The minimum Gasteiger partial charge on any atom is -0.544 e. The second kappa shape index (κ2) is 20.0. The quantitative estimate of drug-likeness (QED) is 0.115. The van der Waals surface area contributed by atoms with Crippen molar-refractivity contribution < 1.29 is 14.4 Å². The number of carbonyl (C=O) groups is 1. The number of nitrogens with zero attached hydrogens (tertiary/aromatic N) is 2. The highest BCUT2D eigenvalue weighted by atomic mass is 16.4. The molecule has 0 amide bonds. The first-order chi connectivity index (χ1) is 16.1. The Labute approximate surface area is 203 Å². The van der Waals surface area contributed by atoms with E-state index in [9.17, 15) is 9.90 Å². The summed E-state index contributed by atoms with van der Waals surface area (Å²) in [6, 6.07) is 0. The second-order valence-corrected chi connectivity index (χ2v) is 9.69. The molecule has 33 heavy (non-hydrogen) atoms. The van der Waals surface area contributed by atoms with Crippen molar-refractivity contribution in [3.63, 3.8) is 0 Å². The summed E-state index contributed by atoms with van der Waals surface area (Å²) in [5, 5.41) is 11.2. The number of aliphatic carboxylic acids is 1. The average Bonchev–Trinajstić information content (AvgIpc) is 3.16. The summed E-state index contributed by atoms with van der Waals surface area (Å²) < 4.78 is 0.197. The van der Waals surface area contributed by atoms with Gasteiger partial charge in [0.25, 0.3) is 0 Å². The first-order valence-corrected chi connectivity index (χ1v) is 13.8. The van der Waals surface area contributed by atoms with Crippen LogP contribution in [0, 0.1) is 0 Å². The number of carbonyl (C=O) groups excluding carboxylic acids is 1. The Kier molecular flexibility index (Phi) is 17.9. The highest BCUT2D eigenvalue weighted by Crippen LogP contribution is 2.19. The molecule has 0 aromatic rings. The molecule has 1 atom stereocenters. The normalized spacial score (nSPS) is 17.8. The van der Waals surface area contributed by atoms with Gasteiger partial charge in [-0.2, -0.15) is 0 Å². The van der Waals surface area contributed by atoms with Crippen molar-refractivity contribution in [2.45, 2.75) is 122 Å². The van der Waals surface area contributed by atoms with Crippen LogP contribution < -0.4 is 10.8 Å². The van der Waals surface area contributed by atoms with Gasteiger partial charge in [0.2, 0.25) is 5.84 Å². The maximum absolute atomic E-state index is 11.2. The third-order valence-corrected chi connectivity index (χ3v) is 6.72. The van der Waals surface area contributed by atoms with Crippen LogP contribution in [0.25, 0.3) is 0 Å². The first-order valence-electron chi connectivity index (χ1n) is 13.8. The fourth-order valence-corrected chi connectivity index (χ4v) is 4.69. The number of nitrogens with two attached hydrogens (primary N) is 1. The number of carboxylic acid groups (broad SMARTS) is 1. The van der Waals surface area contributed by atoms with Crippen LogP contribution in [0.2, 0.25) is 0 Å². The van der Waals surface area contributed by atoms with Gasteiger partial charge in [-0.1, -0.05) is 115 Å². The zero-order valence-electron chi connectivity index (χ0n) is 21.4. The summed E-state index contributed by atoms with van der Waals surface area (Å²) in [7, 11) is 0. The van der Waals surface area contributed by atoms with E-state index in [0.717, 1.165) is 12.3 Å². The Bertz CT molecular complexity index is 586. The monoisotopic (exact) mass is 461 g/mol. The molecule has 0 spiro atoms. The lowest BCUT2D eigenvalue weighted by atomic mass is 10.0. The summed E-state index contributed by atoms with van der Waals surface area (Å²) in [6.45, 7) is 3.14. The number of quaternary nitrogens is 1. The van der Waals surface area contributed by atoms with Gasteiger partial charge < -0.3 is 15.6 Å². The number of allylic oxidation sites excluding steroid dienone is 1. The molecule has 0 aromatic heterocycles. The van der Waals surface area contributed by atoms with Crippen LogP contribution >= 0.6 is 0 Å². The van der Waals surface area contributed by atoms with Crippen LogP contribution in [-0.2, 0) is 4.79 Å². The molecular weight excluding hydrogens is 410 g/mol. The summed E-state index contributed by atoms with van der Waals surface area (Å²) >= 11 is 0. The second-order valence-electron chi connectivity index (χ2n) is 9.69. The minimum atomic E-state index is -1.07. The minimum absolute atomic E-state index is 0.0977. The molecule has 1 aliphatic heterocycles. The molecule has 1 rings (SSSR count). The Morgan fingerprint density at radius 3 is 1.88 bits per heavy atom. The number of amidine groups is 1. The third-order valence-electron chi connectivity index (χ3n) is 6.72. The number of carboxylic acids is 1. The molecule has 0 bridgehead atoms. The Morgan fingerprint density at radius 2 is 1.39 bits per heavy atom. The van der Waals surface area contributed by atoms with E-state index in [-0.39, 0.29) is 11.0 Å². The number of hydrogen-bond acceptors (Lipinski definition) is 4. The van der Waals surface area contributed by atoms with E-state index in [1.807, 2.05) is 6.20 Å². The molecule has 0 aromatic carbocycles. The molecule has 0 fully saturated rings. The van der Waals surface area contributed by atoms with Gasteiger partial charge in [-0.3, -0.25) is 0 Å². The van der Waals surface area contributed by atoms with Crippen molar-refractivity contribution in [3.05, 3.63) is 24.6 Å². The Morgan fingerprint density at radius 1 is 0.879 bits per heavy atom. The van der Waals surface area contributed by atoms with Crippen LogP contribution in [-0.4, -0.2) is 35.9 Å². The van der Waals surface area contributed by atoms with Crippen LogP contribution in [0.5, 0.6) is 0 Å². The predicted octanol–water partition coefficient (Wildman–Crippen LogP) is 5.99. The fourth-order valence-electron chi connectivity index (χ4n) is 4.69. The van der Waals surface area contributed by atoms with E-state index in [4.69, 9.17) is 5.73 Å². The molecule has 2 N–H and O–H groups in total. The lowest BCUT2D eigenvalue weighted by molar-refractivity contribution is -0.780. The Balaban J connectivity index is 1.94. The van der Waals surface area contributed by atoms with Crippen LogP contribution in [0.4, 0.5) is 0 Å². The zero-order chi connectivity index (χ0) is 24.0. The van der Waals surface area contributed by atoms with Crippen molar-refractivity contribution in [3.8, 4) is 0 Å². The largest absolute Gasteiger partial charge is 0.544 e. The van der Waals surface area contributed by atoms with E-state index in [0.29, 0.717) is 19.5 Å². The molecule has 1 unspecified atom stereocenters. The van der Waals surface area contributed by atoms with Crippen molar-refractivity contribution >= 4 is 11.8 Å². The van der Waals surface area contributed by atoms with Crippen molar-refractivity contribution in [2.75, 3.05) is 19.6 Å². The molecule has 1 heterocycles. The third kappa shape index (κ3) is 14.4. The molecular formula is C28H51N3O2. The van der Waals surface area contributed by atoms with Gasteiger partial charge in [0.15, 0.2) is 0 Å². The van der Waals surface area contributed by atoms with E-state index in [1.54, 1.807) is 6.20 Å². The lowest BCUT2D eigenvalue weighted by Crippen LogP contribution is -2.54. The van der Waals surface area contributed by atoms with Gasteiger partial charge in [0, 0.05) is 6.54 Å². The molecule has 1 aliphatic rings. The summed E-state index contributed by atoms with van der Waals surface area (Å²) in [6.07, 6.45) is 31.8. The fraction of sp³-hybridized carbons (Fsp3) is 0.786. The van der Waals surface area contributed by atoms with Gasteiger partial charge in [-0.05, 0) is 12.8 Å². The summed E-state index contributed by atoms with van der Waals surface area (Å²) in [5.74, 6) is -0.229. The smallest absolute Gasteiger partial charge is 0.211 e. The molecule has 0 aliphatic carbocycles. The standard InChI is InChI=1S/C28H51N3O2/c1-2-3-4-5-6-7-8-9-10-11-12-13-14-15-16-17-18-19-20-21-27-30-23-25-31(27,24-22-29)26-28(32)33/h19-20,23,25H,2-18,21-22,24,26,29H2,1H3/b20-19+. The van der Waals surface area contributed by atoms with Gasteiger partial charge in [0.1, 0.15) is 19.3 Å². The van der Waals surface area contributed by atoms with Crippen molar-refractivity contribution in [1.82, 2.24) is 0 Å². The zero-order valence-corrected chi connectivity index (χ0v) is 21.4. The highest BCUT2D eigenvalue weighted by molar-refractivity contribution is 5.82. The van der Waals surface area contributed by atoms with Crippen LogP contribution in [0.15, 0.2) is 29.5 Å². The highest BCUT2D eigenvalue weighted by Gasteiger charge is 2.34. The summed E-state index contributed by atoms with van der Waals surface area (Å²) in [5.41, 5.74) is 5.70. The van der Waals surface area contributed by atoms with Crippen LogP contribution in [0.3, 0.4) is 0 Å². The molecule has 5 heteroatoms. The van der Waals surface area contributed by atoms with E-state index >= 15 is 0 Å². The molecule has 0 saturated heterocycles. The van der Waals surface area contributed by atoms with Crippen molar-refractivity contribution in [1.29, 1.82) is 0 Å². The van der Waals surface area contributed by atoms with Gasteiger partial charge in [-0.15, -0.1) is 0 Å². The Hall–Kier alpha value is -1.46. The van der Waals surface area contributed by atoms with Gasteiger partial charge in [-0.25, -0.2) is 9.48 Å². The average molecular weight is 462 g/mol. The van der Waals surface area contributed by atoms with Gasteiger partial charge >= 0.3 is 0 Å². The topological polar surface area (TPSA) is 78.5 Å². The number of hydrogen-bond donors (Lipinski definition) is 1. The first kappa shape index (κ1) is 29.6. The van der Waals surface area contributed by atoms with E-state index < -0.39 is 5.97 Å². The van der Waals surface area contributed by atoms with Gasteiger partial charge in [0.05, 0.1) is 18.6 Å². The summed E-state index contributed by atoms with van der Waals surface area (Å²) in [4.78, 5) is 15.5. The number of rotatable bonds is 23. The van der Waals surface area contributed by atoms with E-state index in [1.165, 1.54) is 103 Å². The van der Waals surface area contributed by atoms with E-state index in [2.05, 4.69) is 24.1 Å². The maximum Gasteiger partial charge on any atom is 0.211 e. The number of aliphatic imine (C=N–C) groups is 1. The molecule has 0 saturated carbocycles. The molecule has 0 radical (unpaired) electrons. The van der Waals surface area contributed by atoms with Crippen LogP contribution in [0.1, 0.15) is 122 Å². The lowest BCUT2D eigenvalue weighted by Gasteiger charge is -2.32. The molecule has 190 valence electrons. The predicted molar refractivity (Wildman–Crippen MR) is 139 cm³/mol.